The smallest absolute Gasteiger partial charge is 0.166 e. The normalized spacial score (nSPS) is 19.1. The van der Waals surface area contributed by atoms with E-state index in [0.29, 0.717) is 28.9 Å². The highest BCUT2D eigenvalue weighted by atomic mass is 19.2. The molecule has 3 aromatic rings. The Balaban J connectivity index is 1.38. The van der Waals surface area contributed by atoms with Crippen molar-refractivity contribution in [3.63, 3.8) is 0 Å². The van der Waals surface area contributed by atoms with Crippen molar-refractivity contribution in [3.05, 3.63) is 94.8 Å². The predicted octanol–water partition coefficient (Wildman–Crippen LogP) is 7.32. The molecule has 4 rings (SSSR count). The summed E-state index contributed by atoms with van der Waals surface area (Å²) >= 11 is 0. The summed E-state index contributed by atoms with van der Waals surface area (Å²) in [6.45, 7) is 2.09. The van der Waals surface area contributed by atoms with E-state index in [1.807, 2.05) is 24.3 Å². The van der Waals surface area contributed by atoms with Crippen LogP contribution in [-0.2, 0) is 11.3 Å². The van der Waals surface area contributed by atoms with Gasteiger partial charge in [0.1, 0.15) is 5.82 Å². The number of aryl methyl sites for hydroxylation is 1. The van der Waals surface area contributed by atoms with Crippen LogP contribution >= 0.6 is 0 Å². The molecule has 1 saturated carbocycles. The Labute approximate surface area is 175 Å². The first kappa shape index (κ1) is 20.7. The van der Waals surface area contributed by atoms with Crippen LogP contribution in [0, 0.1) is 24.4 Å². The van der Waals surface area contributed by atoms with Gasteiger partial charge in [-0.2, -0.15) is 0 Å². The molecule has 3 aromatic carbocycles. The molecule has 4 heteroatoms. The summed E-state index contributed by atoms with van der Waals surface area (Å²) in [5.74, 6) is -1.76. The molecule has 1 aliphatic rings. The minimum Gasteiger partial charge on any atom is -0.374 e. The van der Waals surface area contributed by atoms with Gasteiger partial charge >= 0.3 is 0 Å². The third-order valence-corrected chi connectivity index (χ3v) is 6.03. The molecule has 0 atom stereocenters. The summed E-state index contributed by atoms with van der Waals surface area (Å²) < 4.78 is 49.2. The van der Waals surface area contributed by atoms with Crippen LogP contribution < -0.4 is 0 Å². The van der Waals surface area contributed by atoms with Gasteiger partial charge < -0.3 is 4.74 Å². The molecule has 30 heavy (non-hydrogen) atoms. The van der Waals surface area contributed by atoms with Crippen LogP contribution in [0.1, 0.15) is 48.3 Å². The summed E-state index contributed by atoms with van der Waals surface area (Å²) in [6, 6.07) is 17.6. The minimum atomic E-state index is -0.779. The standard InChI is InChI=1S/C26H25F3O/c1-17-7-8-18(15-24(17)27)16-30-21-11-9-20(10-12-21)23-14-13-22(25(28)26(23)29)19-5-3-2-4-6-19/h2-8,13-15,20-21H,9-12,16H2,1H3. The lowest BCUT2D eigenvalue weighted by atomic mass is 9.82. The molecule has 0 aliphatic heterocycles. The summed E-state index contributed by atoms with van der Waals surface area (Å²) in [7, 11) is 0. The van der Waals surface area contributed by atoms with Gasteiger partial charge in [0, 0.05) is 5.56 Å². The molecular formula is C26H25F3O. The van der Waals surface area contributed by atoms with Crippen molar-refractivity contribution in [2.24, 2.45) is 0 Å². The summed E-state index contributed by atoms with van der Waals surface area (Å²) in [5.41, 5.74) is 2.84. The van der Waals surface area contributed by atoms with Crippen LogP contribution in [-0.4, -0.2) is 6.10 Å². The Kier molecular flexibility index (Phi) is 6.24. The molecule has 1 fully saturated rings. The van der Waals surface area contributed by atoms with E-state index in [9.17, 15) is 13.2 Å². The summed E-state index contributed by atoms with van der Waals surface area (Å²) in [4.78, 5) is 0. The highest BCUT2D eigenvalue weighted by Crippen LogP contribution is 2.38. The van der Waals surface area contributed by atoms with Gasteiger partial charge in [-0.05, 0) is 66.8 Å². The molecule has 0 N–H and O–H groups in total. The van der Waals surface area contributed by atoms with E-state index in [1.165, 1.54) is 6.07 Å². The van der Waals surface area contributed by atoms with Gasteiger partial charge in [-0.25, -0.2) is 13.2 Å². The molecule has 0 heterocycles. The molecule has 0 saturated heterocycles. The van der Waals surface area contributed by atoms with Crippen molar-refractivity contribution in [1.29, 1.82) is 0 Å². The molecule has 0 bridgehead atoms. The van der Waals surface area contributed by atoms with Crippen LogP contribution in [0.5, 0.6) is 0 Å². The lowest BCUT2D eigenvalue weighted by molar-refractivity contribution is 0.0130. The van der Waals surface area contributed by atoms with Gasteiger partial charge in [0.15, 0.2) is 11.6 Å². The SMILES string of the molecule is Cc1ccc(COC2CCC(c3ccc(-c4ccccc4)c(F)c3F)CC2)cc1F. The van der Waals surface area contributed by atoms with Gasteiger partial charge in [-0.3, -0.25) is 0 Å². The Hall–Kier alpha value is -2.59. The minimum absolute atomic E-state index is 0.0130. The number of ether oxygens (including phenoxy) is 1. The van der Waals surface area contributed by atoms with E-state index < -0.39 is 11.6 Å². The first-order valence-electron chi connectivity index (χ1n) is 10.4. The van der Waals surface area contributed by atoms with Crippen molar-refractivity contribution < 1.29 is 17.9 Å². The molecular weight excluding hydrogens is 385 g/mol. The maximum atomic E-state index is 14.8. The zero-order chi connectivity index (χ0) is 21.1. The summed E-state index contributed by atoms with van der Waals surface area (Å²) in [6.07, 6.45) is 3.10. The van der Waals surface area contributed by atoms with Gasteiger partial charge in [0.25, 0.3) is 0 Å². The van der Waals surface area contributed by atoms with E-state index >= 15 is 0 Å². The van der Waals surface area contributed by atoms with Crippen LogP contribution in [0.3, 0.4) is 0 Å². The fourth-order valence-corrected chi connectivity index (χ4v) is 4.20. The van der Waals surface area contributed by atoms with E-state index in [-0.39, 0.29) is 17.8 Å². The monoisotopic (exact) mass is 410 g/mol. The number of hydrogen-bond acceptors (Lipinski definition) is 1. The molecule has 1 aliphatic carbocycles. The zero-order valence-corrected chi connectivity index (χ0v) is 17.0. The quantitative estimate of drug-likeness (QED) is 0.428. The average Bonchev–Trinajstić information content (AvgIpc) is 2.77. The van der Waals surface area contributed by atoms with E-state index in [2.05, 4.69) is 0 Å². The van der Waals surface area contributed by atoms with Crippen LogP contribution in [0.2, 0.25) is 0 Å². The third-order valence-electron chi connectivity index (χ3n) is 6.03. The van der Waals surface area contributed by atoms with Crippen molar-refractivity contribution in [2.45, 2.75) is 51.2 Å². The van der Waals surface area contributed by atoms with E-state index in [0.717, 1.165) is 31.2 Å². The topological polar surface area (TPSA) is 9.23 Å². The fraction of sp³-hybridized carbons (Fsp3) is 0.308. The molecule has 1 nitrogen and oxygen atoms in total. The second-order valence-electron chi connectivity index (χ2n) is 8.06. The van der Waals surface area contributed by atoms with Crippen molar-refractivity contribution in [1.82, 2.24) is 0 Å². The Bertz CT molecular complexity index is 1010. The van der Waals surface area contributed by atoms with Crippen molar-refractivity contribution >= 4 is 0 Å². The zero-order valence-electron chi connectivity index (χ0n) is 17.0. The highest BCUT2D eigenvalue weighted by Gasteiger charge is 2.27. The average molecular weight is 410 g/mol. The fourth-order valence-electron chi connectivity index (χ4n) is 4.20. The lowest BCUT2D eigenvalue weighted by Gasteiger charge is -2.29. The van der Waals surface area contributed by atoms with Crippen molar-refractivity contribution in [3.8, 4) is 11.1 Å². The molecule has 156 valence electrons. The largest absolute Gasteiger partial charge is 0.374 e. The van der Waals surface area contributed by atoms with Gasteiger partial charge in [-0.1, -0.05) is 54.6 Å². The Morgan fingerprint density at radius 3 is 2.27 bits per heavy atom. The number of hydrogen-bond donors (Lipinski definition) is 0. The first-order valence-corrected chi connectivity index (χ1v) is 10.4. The van der Waals surface area contributed by atoms with E-state index in [4.69, 9.17) is 4.74 Å². The predicted molar refractivity (Wildman–Crippen MR) is 113 cm³/mol. The number of halogens is 3. The summed E-state index contributed by atoms with van der Waals surface area (Å²) in [5, 5.41) is 0. The third kappa shape index (κ3) is 4.44. The maximum absolute atomic E-state index is 14.8. The van der Waals surface area contributed by atoms with Gasteiger partial charge in [0.05, 0.1) is 12.7 Å². The van der Waals surface area contributed by atoms with Crippen LogP contribution in [0.25, 0.3) is 11.1 Å². The van der Waals surface area contributed by atoms with E-state index in [1.54, 1.807) is 37.3 Å². The number of rotatable bonds is 5. The first-order chi connectivity index (χ1) is 14.5. The van der Waals surface area contributed by atoms with Gasteiger partial charge in [0.2, 0.25) is 0 Å². The van der Waals surface area contributed by atoms with Crippen molar-refractivity contribution in [2.75, 3.05) is 0 Å². The second kappa shape index (κ2) is 9.05. The Morgan fingerprint density at radius 1 is 0.833 bits per heavy atom. The molecule has 0 unspecified atom stereocenters. The maximum Gasteiger partial charge on any atom is 0.166 e. The molecule has 0 spiro atoms. The van der Waals surface area contributed by atoms with Crippen LogP contribution in [0.15, 0.2) is 60.7 Å². The lowest BCUT2D eigenvalue weighted by Crippen LogP contribution is -2.21. The molecule has 0 aromatic heterocycles. The second-order valence-corrected chi connectivity index (χ2v) is 8.06. The number of benzene rings is 3. The van der Waals surface area contributed by atoms with Gasteiger partial charge in [-0.15, -0.1) is 0 Å². The Morgan fingerprint density at radius 2 is 1.57 bits per heavy atom. The molecule has 0 amide bonds. The van der Waals surface area contributed by atoms with Crippen LogP contribution in [0.4, 0.5) is 13.2 Å². The highest BCUT2D eigenvalue weighted by molar-refractivity contribution is 5.64. The molecule has 0 radical (unpaired) electrons.